The summed E-state index contributed by atoms with van der Waals surface area (Å²) in [5, 5.41) is 2.74. The first kappa shape index (κ1) is 36.4. The lowest BCUT2D eigenvalue weighted by molar-refractivity contribution is -0.105. The van der Waals surface area contributed by atoms with E-state index in [1.165, 1.54) is 12.0 Å². The molecule has 52 heavy (non-hydrogen) atoms. The molecule has 0 saturated carbocycles. The van der Waals surface area contributed by atoms with Gasteiger partial charge in [0.25, 0.3) is 5.91 Å². The third kappa shape index (κ3) is 7.91. The Kier molecular flexibility index (Phi) is 11.8. The molecule has 3 heterocycles. The van der Waals surface area contributed by atoms with E-state index in [4.69, 9.17) is 19.2 Å². The van der Waals surface area contributed by atoms with Crippen molar-refractivity contribution in [2.75, 3.05) is 95.4 Å². The second-order valence-electron chi connectivity index (χ2n) is 13.2. The number of allylic oxidation sites excluding steroid dienone is 1. The second kappa shape index (κ2) is 16.8. The number of carbonyl (C=O) groups excluding carboxylic acids is 3. The monoisotopic (exact) mass is 709 g/mol. The van der Waals surface area contributed by atoms with Gasteiger partial charge < -0.3 is 44.1 Å². The Morgan fingerprint density at radius 2 is 1.85 bits per heavy atom. The maximum atomic E-state index is 14.2. The molecule has 0 atom stereocenters. The van der Waals surface area contributed by atoms with Crippen LogP contribution < -0.4 is 24.6 Å². The Morgan fingerprint density at radius 1 is 1.06 bits per heavy atom. The summed E-state index contributed by atoms with van der Waals surface area (Å²) in [5.41, 5.74) is 5.86. The third-order valence-corrected chi connectivity index (χ3v) is 9.75. The Labute approximate surface area is 304 Å². The van der Waals surface area contributed by atoms with E-state index in [0.29, 0.717) is 55.4 Å². The number of ether oxygens (including phenoxy) is 3. The summed E-state index contributed by atoms with van der Waals surface area (Å²) >= 11 is 0. The van der Waals surface area contributed by atoms with E-state index < -0.39 is 0 Å². The van der Waals surface area contributed by atoms with Crippen molar-refractivity contribution in [1.82, 2.24) is 19.8 Å². The fourth-order valence-corrected chi connectivity index (χ4v) is 6.78. The topological polar surface area (TPSA) is 133 Å². The number of anilines is 3. The number of aryl methyl sites for hydroxylation is 1. The molecule has 2 aliphatic heterocycles. The van der Waals surface area contributed by atoms with Gasteiger partial charge in [-0.15, -0.1) is 0 Å². The Bertz CT molecular complexity index is 1940. The van der Waals surface area contributed by atoms with Crippen molar-refractivity contribution in [2.24, 2.45) is 0 Å². The Morgan fingerprint density at radius 3 is 2.58 bits per heavy atom. The highest BCUT2D eigenvalue weighted by molar-refractivity contribution is 6.13. The second-order valence-corrected chi connectivity index (χ2v) is 13.2. The molecule has 3 aromatic carbocycles. The predicted octanol–water partition coefficient (Wildman–Crippen LogP) is 4.74. The molecule has 0 aliphatic carbocycles. The molecule has 0 unspecified atom stereocenters. The van der Waals surface area contributed by atoms with Crippen molar-refractivity contribution < 1.29 is 28.6 Å². The number of aromatic nitrogens is 2. The number of nitrogens with zero attached hydrogens (tertiary/aromatic N) is 5. The van der Waals surface area contributed by atoms with Crippen LogP contribution in [-0.4, -0.2) is 118 Å². The Hall–Kier alpha value is -5.36. The minimum Gasteiger partial charge on any atom is -0.494 e. The maximum Gasteiger partial charge on any atom is 0.260 e. The van der Waals surface area contributed by atoms with Crippen LogP contribution in [0.5, 0.6) is 11.5 Å². The van der Waals surface area contributed by atoms with Gasteiger partial charge in [0.05, 0.1) is 60.6 Å². The normalized spacial score (nSPS) is 14.9. The SMILES string of the molecule is COc1c(-c2cccc3[nH]c(N4CCOCC4)nc23)ccc(C(=O)N(C)c2ccc(C)cc2OCCCCC(=C=O)N2CCN(C)CC2)c1NC=O. The maximum absolute atomic E-state index is 14.2. The Balaban J connectivity index is 1.21. The number of hydrogen-bond donors (Lipinski definition) is 2. The van der Waals surface area contributed by atoms with Crippen LogP contribution >= 0.6 is 0 Å². The van der Waals surface area contributed by atoms with Gasteiger partial charge in [0.15, 0.2) is 5.75 Å². The van der Waals surface area contributed by atoms with E-state index in [2.05, 4.69) is 38.0 Å². The number of H-pyrrole nitrogens is 1. The lowest BCUT2D eigenvalue weighted by atomic mass is 9.98. The summed E-state index contributed by atoms with van der Waals surface area (Å²) < 4.78 is 17.7. The van der Waals surface area contributed by atoms with Crippen molar-refractivity contribution in [3.63, 3.8) is 0 Å². The summed E-state index contributed by atoms with van der Waals surface area (Å²) in [6.07, 6.45) is 2.69. The first-order chi connectivity index (χ1) is 25.3. The molecule has 2 fully saturated rings. The van der Waals surface area contributed by atoms with Crippen LogP contribution in [-0.2, 0) is 14.3 Å². The van der Waals surface area contributed by atoms with Crippen LogP contribution in [0.1, 0.15) is 35.2 Å². The number of para-hydroxylation sites is 1. The van der Waals surface area contributed by atoms with E-state index in [0.717, 1.165) is 85.9 Å². The minimum absolute atomic E-state index is 0.252. The summed E-state index contributed by atoms with van der Waals surface area (Å²) in [4.78, 5) is 54.3. The number of nitrogens with one attached hydrogen (secondary N) is 2. The molecular formula is C39H47N7O6. The van der Waals surface area contributed by atoms with Crippen LogP contribution in [0.15, 0.2) is 54.2 Å². The molecule has 0 spiro atoms. The van der Waals surface area contributed by atoms with Crippen LogP contribution in [0.25, 0.3) is 22.2 Å². The van der Waals surface area contributed by atoms with E-state index in [9.17, 15) is 14.4 Å². The zero-order valence-electron chi connectivity index (χ0n) is 30.4. The van der Waals surface area contributed by atoms with Crippen molar-refractivity contribution in [3.05, 3.63) is 65.4 Å². The number of morpholine rings is 1. The van der Waals surface area contributed by atoms with Crippen molar-refractivity contribution >= 4 is 46.6 Å². The summed E-state index contributed by atoms with van der Waals surface area (Å²) in [6.45, 7) is 8.65. The third-order valence-electron chi connectivity index (χ3n) is 9.75. The average Bonchev–Trinajstić information content (AvgIpc) is 3.62. The quantitative estimate of drug-likeness (QED) is 0.108. The van der Waals surface area contributed by atoms with Gasteiger partial charge in [0, 0.05) is 57.4 Å². The minimum atomic E-state index is -0.358. The number of unbranched alkanes of at least 4 members (excludes halogenated alkanes) is 1. The van der Waals surface area contributed by atoms with E-state index in [-0.39, 0.29) is 17.2 Å². The highest BCUT2D eigenvalue weighted by Gasteiger charge is 2.26. The van der Waals surface area contributed by atoms with Gasteiger partial charge in [0.1, 0.15) is 11.7 Å². The standard InChI is InChI=1S/C39H47N7O6/c1-27-11-14-33(34(24-27)52-21-6-5-8-28(25-47)45-17-15-43(2)16-18-45)44(3)38(49)31-13-12-30(37(50-4)36(31)40-26-48)29-9-7-10-32-35(29)42-39(41-32)46-19-22-51-23-20-46/h7,9-14,24,26H,5-6,8,15-23H2,1-4H3,(H,40,48)(H,41,42). The van der Waals surface area contributed by atoms with Crippen LogP contribution in [0, 0.1) is 6.92 Å². The number of carbonyl (C=O) groups is 2. The molecule has 13 heteroatoms. The lowest BCUT2D eigenvalue weighted by Gasteiger charge is -2.34. The molecule has 0 bridgehead atoms. The number of benzene rings is 3. The smallest absolute Gasteiger partial charge is 0.260 e. The highest BCUT2D eigenvalue weighted by atomic mass is 16.5. The summed E-state index contributed by atoms with van der Waals surface area (Å²) in [7, 11) is 5.28. The first-order valence-corrected chi connectivity index (χ1v) is 17.7. The number of aromatic amines is 1. The van der Waals surface area contributed by atoms with Gasteiger partial charge in [0.2, 0.25) is 12.4 Å². The van der Waals surface area contributed by atoms with Gasteiger partial charge in [-0.3, -0.25) is 9.59 Å². The zero-order valence-corrected chi connectivity index (χ0v) is 30.4. The largest absolute Gasteiger partial charge is 0.494 e. The highest BCUT2D eigenvalue weighted by Crippen LogP contribution is 2.42. The first-order valence-electron chi connectivity index (χ1n) is 17.7. The molecule has 1 aromatic heterocycles. The van der Waals surface area contributed by atoms with Crippen LogP contribution in [0.2, 0.25) is 0 Å². The van der Waals surface area contributed by atoms with E-state index in [1.54, 1.807) is 13.1 Å². The van der Waals surface area contributed by atoms with E-state index in [1.807, 2.05) is 49.4 Å². The van der Waals surface area contributed by atoms with Crippen molar-refractivity contribution in [2.45, 2.75) is 26.2 Å². The molecule has 2 aliphatic rings. The molecule has 2 saturated heterocycles. The number of amides is 2. The van der Waals surface area contributed by atoms with Gasteiger partial charge in [-0.05, 0) is 69.1 Å². The van der Waals surface area contributed by atoms with E-state index >= 15 is 0 Å². The van der Waals surface area contributed by atoms with Gasteiger partial charge in [-0.1, -0.05) is 18.2 Å². The fraction of sp³-hybridized carbons (Fsp3) is 0.410. The summed E-state index contributed by atoms with van der Waals surface area (Å²) in [5.74, 6) is 3.46. The van der Waals surface area contributed by atoms with Gasteiger partial charge in [-0.25, -0.2) is 9.78 Å². The molecule has 6 rings (SSSR count). The molecule has 4 aromatic rings. The van der Waals surface area contributed by atoms with Crippen LogP contribution in [0.3, 0.4) is 0 Å². The number of rotatable bonds is 14. The average molecular weight is 710 g/mol. The number of piperazine rings is 1. The van der Waals surface area contributed by atoms with Crippen LogP contribution in [0.4, 0.5) is 17.3 Å². The molecule has 2 amide bonds. The molecular weight excluding hydrogens is 662 g/mol. The predicted molar refractivity (Wildman–Crippen MR) is 202 cm³/mol. The molecule has 2 N–H and O–H groups in total. The molecule has 13 nitrogen and oxygen atoms in total. The fourth-order valence-electron chi connectivity index (χ4n) is 6.78. The molecule has 274 valence electrons. The van der Waals surface area contributed by atoms with Crippen molar-refractivity contribution in [3.8, 4) is 22.6 Å². The van der Waals surface area contributed by atoms with Gasteiger partial charge in [-0.2, -0.15) is 0 Å². The summed E-state index contributed by atoms with van der Waals surface area (Å²) in [6, 6.07) is 15.1. The number of imidazole rings is 1. The number of likely N-dealkylation sites (N-methyl/N-ethyl adjacent to an activating group) is 1. The van der Waals surface area contributed by atoms with Gasteiger partial charge >= 0.3 is 0 Å². The lowest BCUT2D eigenvalue weighted by Crippen LogP contribution is -2.44. The number of hydrogen-bond acceptors (Lipinski definition) is 10. The van der Waals surface area contributed by atoms with Crippen molar-refractivity contribution in [1.29, 1.82) is 0 Å². The zero-order chi connectivity index (χ0) is 36.6. The molecule has 0 radical (unpaired) electrons. The number of fused-ring (bicyclic) bond motifs is 1. The number of methoxy groups -OCH3 is 1.